The summed E-state index contributed by atoms with van der Waals surface area (Å²) in [5.41, 5.74) is 0.633. The standard InChI is InChI=1S/C10H8N2O2/c13-9(10-2-1-5-14-10)6-8-3-4-11-7-12-8/h1-7,13H/b9-6-. The maximum absolute atomic E-state index is 9.57. The fourth-order valence-electron chi connectivity index (χ4n) is 1.02. The summed E-state index contributed by atoms with van der Waals surface area (Å²) in [6.07, 6.45) is 6.04. The summed E-state index contributed by atoms with van der Waals surface area (Å²) in [6, 6.07) is 5.07. The summed E-state index contributed by atoms with van der Waals surface area (Å²) in [7, 11) is 0. The minimum atomic E-state index is 0.0497. The second-order valence-corrected chi connectivity index (χ2v) is 2.64. The van der Waals surface area contributed by atoms with Crippen molar-refractivity contribution in [2.75, 3.05) is 0 Å². The van der Waals surface area contributed by atoms with Crippen LogP contribution in [-0.4, -0.2) is 15.1 Å². The van der Waals surface area contributed by atoms with Crippen LogP contribution < -0.4 is 0 Å². The summed E-state index contributed by atoms with van der Waals surface area (Å²) in [5.74, 6) is 0.470. The smallest absolute Gasteiger partial charge is 0.168 e. The first-order valence-corrected chi connectivity index (χ1v) is 4.07. The normalized spacial score (nSPS) is 11.6. The number of hydrogen-bond donors (Lipinski definition) is 1. The maximum atomic E-state index is 9.57. The van der Waals surface area contributed by atoms with E-state index in [2.05, 4.69) is 9.97 Å². The molecule has 70 valence electrons. The van der Waals surface area contributed by atoms with E-state index in [0.717, 1.165) is 0 Å². The van der Waals surface area contributed by atoms with E-state index in [-0.39, 0.29) is 5.76 Å². The highest BCUT2D eigenvalue weighted by Crippen LogP contribution is 2.13. The number of furan rings is 1. The van der Waals surface area contributed by atoms with E-state index >= 15 is 0 Å². The molecule has 0 amide bonds. The fraction of sp³-hybridized carbons (Fsp3) is 0. The highest BCUT2D eigenvalue weighted by molar-refractivity contribution is 5.72. The molecule has 2 aromatic heterocycles. The molecule has 14 heavy (non-hydrogen) atoms. The van der Waals surface area contributed by atoms with E-state index < -0.39 is 0 Å². The lowest BCUT2D eigenvalue weighted by molar-refractivity contribution is 0.462. The molecule has 2 rings (SSSR count). The third-order valence-corrected chi connectivity index (χ3v) is 1.66. The zero-order valence-corrected chi connectivity index (χ0v) is 7.29. The average Bonchev–Trinajstić information content (AvgIpc) is 2.72. The van der Waals surface area contributed by atoms with E-state index in [0.29, 0.717) is 11.5 Å². The Bertz CT molecular complexity index is 421. The summed E-state index contributed by atoms with van der Waals surface area (Å²) in [5, 5.41) is 9.57. The molecule has 0 spiro atoms. The van der Waals surface area contributed by atoms with Crippen molar-refractivity contribution in [3.63, 3.8) is 0 Å². The van der Waals surface area contributed by atoms with Gasteiger partial charge in [-0.3, -0.25) is 0 Å². The molecule has 0 atom stereocenters. The zero-order valence-electron chi connectivity index (χ0n) is 7.29. The monoisotopic (exact) mass is 188 g/mol. The number of rotatable bonds is 2. The van der Waals surface area contributed by atoms with E-state index in [1.54, 1.807) is 24.4 Å². The predicted octanol–water partition coefficient (Wildman–Crippen LogP) is 2.13. The molecule has 0 radical (unpaired) electrons. The van der Waals surface area contributed by atoms with Crippen LogP contribution in [0.15, 0.2) is 41.4 Å². The van der Waals surface area contributed by atoms with Crippen molar-refractivity contribution in [1.29, 1.82) is 0 Å². The lowest BCUT2D eigenvalue weighted by Crippen LogP contribution is -1.83. The topological polar surface area (TPSA) is 59.2 Å². The highest BCUT2D eigenvalue weighted by Gasteiger charge is 2.01. The largest absolute Gasteiger partial charge is 0.504 e. The van der Waals surface area contributed by atoms with Gasteiger partial charge in [-0.15, -0.1) is 0 Å². The van der Waals surface area contributed by atoms with Crippen LogP contribution in [0.5, 0.6) is 0 Å². The van der Waals surface area contributed by atoms with Gasteiger partial charge in [-0.1, -0.05) is 0 Å². The van der Waals surface area contributed by atoms with Gasteiger partial charge in [0.1, 0.15) is 6.33 Å². The third-order valence-electron chi connectivity index (χ3n) is 1.66. The van der Waals surface area contributed by atoms with Crippen molar-refractivity contribution in [2.24, 2.45) is 0 Å². The van der Waals surface area contributed by atoms with E-state index in [1.807, 2.05) is 0 Å². The predicted molar refractivity (Wildman–Crippen MR) is 51.2 cm³/mol. The number of aromatic nitrogens is 2. The van der Waals surface area contributed by atoms with Gasteiger partial charge in [-0.25, -0.2) is 9.97 Å². The summed E-state index contributed by atoms with van der Waals surface area (Å²) >= 11 is 0. The molecule has 0 fully saturated rings. The molecule has 0 aliphatic carbocycles. The number of hydrogen-bond acceptors (Lipinski definition) is 4. The molecule has 0 saturated carbocycles. The van der Waals surface area contributed by atoms with Crippen LogP contribution in [0.25, 0.3) is 11.8 Å². The Morgan fingerprint density at radius 2 is 2.36 bits per heavy atom. The molecule has 0 aromatic carbocycles. The van der Waals surface area contributed by atoms with Gasteiger partial charge in [0, 0.05) is 12.3 Å². The van der Waals surface area contributed by atoms with Crippen molar-refractivity contribution < 1.29 is 9.52 Å². The van der Waals surface area contributed by atoms with Crippen molar-refractivity contribution in [3.8, 4) is 0 Å². The molecule has 2 heterocycles. The fourth-order valence-corrected chi connectivity index (χ4v) is 1.02. The first-order chi connectivity index (χ1) is 6.86. The molecule has 0 aliphatic rings. The molecule has 0 bridgehead atoms. The van der Waals surface area contributed by atoms with Crippen molar-refractivity contribution in [1.82, 2.24) is 9.97 Å². The summed E-state index contributed by atoms with van der Waals surface area (Å²) < 4.78 is 5.01. The van der Waals surface area contributed by atoms with Gasteiger partial charge in [0.2, 0.25) is 0 Å². The Kier molecular flexibility index (Phi) is 2.27. The minimum Gasteiger partial charge on any atom is -0.504 e. The first kappa shape index (κ1) is 8.50. The first-order valence-electron chi connectivity index (χ1n) is 4.07. The lowest BCUT2D eigenvalue weighted by atomic mass is 10.3. The van der Waals surface area contributed by atoms with Crippen LogP contribution in [0.2, 0.25) is 0 Å². The quantitative estimate of drug-likeness (QED) is 0.733. The van der Waals surface area contributed by atoms with Gasteiger partial charge >= 0.3 is 0 Å². The molecule has 0 unspecified atom stereocenters. The van der Waals surface area contributed by atoms with Crippen molar-refractivity contribution in [3.05, 3.63) is 48.4 Å². The van der Waals surface area contributed by atoms with Crippen LogP contribution in [-0.2, 0) is 0 Å². The van der Waals surface area contributed by atoms with Gasteiger partial charge in [0.25, 0.3) is 0 Å². The number of nitrogens with zero attached hydrogens (tertiary/aromatic N) is 2. The van der Waals surface area contributed by atoms with E-state index in [1.165, 1.54) is 18.7 Å². The molecule has 0 aliphatic heterocycles. The Balaban J connectivity index is 2.28. The molecule has 2 aromatic rings. The van der Waals surface area contributed by atoms with Crippen molar-refractivity contribution in [2.45, 2.75) is 0 Å². The summed E-state index contributed by atoms with van der Waals surface area (Å²) in [4.78, 5) is 7.71. The zero-order chi connectivity index (χ0) is 9.80. The van der Waals surface area contributed by atoms with E-state index in [4.69, 9.17) is 4.42 Å². The van der Waals surface area contributed by atoms with Gasteiger partial charge in [0.05, 0.1) is 12.0 Å². The van der Waals surface area contributed by atoms with E-state index in [9.17, 15) is 5.11 Å². The second-order valence-electron chi connectivity index (χ2n) is 2.64. The number of aliphatic hydroxyl groups excluding tert-OH is 1. The van der Waals surface area contributed by atoms with Crippen LogP contribution in [0.1, 0.15) is 11.5 Å². The van der Waals surface area contributed by atoms with Gasteiger partial charge in [0.15, 0.2) is 11.5 Å². The Labute approximate surface area is 80.6 Å². The number of aliphatic hydroxyl groups is 1. The van der Waals surface area contributed by atoms with Gasteiger partial charge in [-0.2, -0.15) is 0 Å². The Hall–Kier alpha value is -2.10. The molecule has 0 saturated heterocycles. The van der Waals surface area contributed by atoms with Crippen LogP contribution in [0.4, 0.5) is 0 Å². The molecular weight excluding hydrogens is 180 g/mol. The van der Waals surface area contributed by atoms with Gasteiger partial charge < -0.3 is 9.52 Å². The maximum Gasteiger partial charge on any atom is 0.168 e. The minimum absolute atomic E-state index is 0.0497. The Morgan fingerprint density at radius 3 is 3.00 bits per heavy atom. The molecule has 1 N–H and O–H groups in total. The third kappa shape index (κ3) is 1.80. The van der Waals surface area contributed by atoms with Crippen molar-refractivity contribution >= 4 is 11.8 Å². The Morgan fingerprint density at radius 1 is 1.43 bits per heavy atom. The average molecular weight is 188 g/mol. The molecule has 4 heteroatoms. The molecule has 4 nitrogen and oxygen atoms in total. The summed E-state index contributed by atoms with van der Waals surface area (Å²) in [6.45, 7) is 0. The van der Waals surface area contributed by atoms with Crippen LogP contribution in [0.3, 0.4) is 0 Å². The highest BCUT2D eigenvalue weighted by atomic mass is 16.4. The molecular formula is C10H8N2O2. The van der Waals surface area contributed by atoms with Gasteiger partial charge in [-0.05, 0) is 18.2 Å². The second kappa shape index (κ2) is 3.74. The lowest BCUT2D eigenvalue weighted by Gasteiger charge is -1.94. The van der Waals surface area contributed by atoms with Crippen LogP contribution in [0, 0.1) is 0 Å². The van der Waals surface area contributed by atoms with Crippen LogP contribution >= 0.6 is 0 Å². The SMILES string of the molecule is O/C(=C\c1ccncn1)c1ccco1.